The first kappa shape index (κ1) is 10.6. The summed E-state index contributed by atoms with van der Waals surface area (Å²) in [5.74, 6) is -0.0952. The first-order valence-electron chi connectivity index (χ1n) is 4.19. The van der Waals surface area contributed by atoms with Crippen LogP contribution in [0.5, 0.6) is 0 Å². The molecule has 4 nitrogen and oxygen atoms in total. The van der Waals surface area contributed by atoms with Crippen molar-refractivity contribution in [2.45, 2.75) is 0 Å². The lowest BCUT2D eigenvalue weighted by atomic mass is 10.3. The van der Waals surface area contributed by atoms with E-state index in [9.17, 15) is 4.79 Å². The van der Waals surface area contributed by atoms with Gasteiger partial charge in [0.05, 0.1) is 20.3 Å². The summed E-state index contributed by atoms with van der Waals surface area (Å²) in [6.45, 7) is 0. The van der Waals surface area contributed by atoms with Crippen LogP contribution in [0.25, 0.3) is 0 Å². The molecule has 0 aromatic carbocycles. The van der Waals surface area contributed by atoms with E-state index in [-0.39, 0.29) is 5.91 Å². The van der Waals surface area contributed by atoms with Crippen LogP contribution in [0.2, 0.25) is 0 Å². The van der Waals surface area contributed by atoms with Gasteiger partial charge in [0, 0.05) is 18.6 Å². The summed E-state index contributed by atoms with van der Waals surface area (Å²) in [7, 11) is 1.81. The zero-order chi connectivity index (χ0) is 10.8. The minimum Gasteiger partial charge on any atom is -0.319 e. The fourth-order valence-electron chi connectivity index (χ4n) is 1.12. The largest absolute Gasteiger partial charge is 0.319 e. The van der Waals surface area contributed by atoms with Crippen molar-refractivity contribution in [3.8, 4) is 0 Å². The minimum absolute atomic E-state index is 0.0952. The highest BCUT2D eigenvalue weighted by Crippen LogP contribution is 2.17. The number of halogens is 1. The number of nitrogens with one attached hydrogen (secondary N) is 1. The Labute approximate surface area is 104 Å². The Morgan fingerprint density at radius 3 is 3.00 bits per heavy atom. The van der Waals surface area contributed by atoms with Crippen molar-refractivity contribution < 1.29 is 4.79 Å². The Kier molecular flexibility index (Phi) is 3.06. The van der Waals surface area contributed by atoms with Gasteiger partial charge in [-0.05, 0) is 28.7 Å². The average molecular weight is 333 g/mol. The Hall–Kier alpha value is -0.890. The number of rotatable bonds is 2. The highest BCUT2D eigenvalue weighted by atomic mass is 127. The number of hydrogen-bond donors (Lipinski definition) is 1. The molecule has 0 saturated heterocycles. The van der Waals surface area contributed by atoms with Gasteiger partial charge in [0.25, 0.3) is 5.91 Å². The highest BCUT2D eigenvalue weighted by Gasteiger charge is 2.08. The maximum atomic E-state index is 11.7. The molecule has 2 heterocycles. The van der Waals surface area contributed by atoms with E-state index in [1.807, 2.05) is 18.5 Å². The van der Waals surface area contributed by atoms with Crippen LogP contribution in [0, 0.1) is 2.88 Å². The van der Waals surface area contributed by atoms with Gasteiger partial charge in [-0.25, -0.2) is 0 Å². The van der Waals surface area contributed by atoms with Crippen LogP contribution in [0.3, 0.4) is 0 Å². The van der Waals surface area contributed by atoms with Crippen LogP contribution in [0.4, 0.5) is 5.69 Å². The number of aryl methyl sites for hydroxylation is 1. The highest BCUT2D eigenvalue weighted by molar-refractivity contribution is 14.1. The molecule has 1 N–H and O–H groups in total. The topological polar surface area (TPSA) is 46.9 Å². The second-order valence-electron chi connectivity index (χ2n) is 3.00. The summed E-state index contributed by atoms with van der Waals surface area (Å²) in [6, 6.07) is 1.86. The maximum absolute atomic E-state index is 11.7. The molecule has 15 heavy (non-hydrogen) atoms. The van der Waals surface area contributed by atoms with Crippen molar-refractivity contribution in [3.05, 3.63) is 32.3 Å². The molecule has 2 aromatic heterocycles. The Morgan fingerprint density at radius 1 is 1.67 bits per heavy atom. The summed E-state index contributed by atoms with van der Waals surface area (Å²) >= 11 is 3.74. The summed E-state index contributed by atoms with van der Waals surface area (Å²) in [5, 5.41) is 8.59. The molecule has 0 atom stereocenters. The van der Waals surface area contributed by atoms with E-state index in [0.717, 1.165) is 2.88 Å². The standard InChI is InChI=1S/C9H8IN3OS/c1-13-4-7(3-11-13)12-9(14)6-2-8(10)15-5-6/h2-5H,1H3,(H,12,14). The van der Waals surface area contributed by atoms with Crippen LogP contribution in [-0.4, -0.2) is 15.7 Å². The smallest absolute Gasteiger partial charge is 0.256 e. The van der Waals surface area contributed by atoms with Crippen LogP contribution >= 0.6 is 33.9 Å². The number of anilines is 1. The number of aromatic nitrogens is 2. The normalized spacial score (nSPS) is 10.3. The summed E-state index contributed by atoms with van der Waals surface area (Å²) < 4.78 is 2.75. The fourth-order valence-corrected chi connectivity index (χ4v) is 2.44. The molecule has 0 bridgehead atoms. The zero-order valence-electron chi connectivity index (χ0n) is 7.90. The van der Waals surface area contributed by atoms with Crippen molar-refractivity contribution in [1.29, 1.82) is 0 Å². The molecule has 0 unspecified atom stereocenters. The average Bonchev–Trinajstić information content (AvgIpc) is 2.75. The van der Waals surface area contributed by atoms with Crippen molar-refractivity contribution in [3.63, 3.8) is 0 Å². The van der Waals surface area contributed by atoms with Gasteiger partial charge in [0.1, 0.15) is 0 Å². The lowest BCUT2D eigenvalue weighted by Gasteiger charge is -1.98. The van der Waals surface area contributed by atoms with Gasteiger partial charge < -0.3 is 5.32 Å². The van der Waals surface area contributed by atoms with Gasteiger partial charge >= 0.3 is 0 Å². The quantitative estimate of drug-likeness (QED) is 0.858. The van der Waals surface area contributed by atoms with Crippen LogP contribution in [-0.2, 0) is 7.05 Å². The SMILES string of the molecule is Cn1cc(NC(=O)c2csc(I)c2)cn1. The second-order valence-corrected chi connectivity index (χ2v) is 5.80. The number of hydrogen-bond acceptors (Lipinski definition) is 3. The molecule has 1 amide bonds. The molecule has 78 valence electrons. The molecule has 0 saturated carbocycles. The predicted molar refractivity (Wildman–Crippen MR) is 68.2 cm³/mol. The third-order valence-corrected chi connectivity index (χ3v) is 3.58. The minimum atomic E-state index is -0.0952. The van der Waals surface area contributed by atoms with Crippen molar-refractivity contribution in [2.24, 2.45) is 7.05 Å². The number of amides is 1. The molecular formula is C9H8IN3OS. The molecule has 2 aromatic rings. The van der Waals surface area contributed by atoms with E-state index in [2.05, 4.69) is 33.0 Å². The van der Waals surface area contributed by atoms with Gasteiger partial charge in [-0.1, -0.05) is 0 Å². The van der Waals surface area contributed by atoms with E-state index in [0.29, 0.717) is 11.3 Å². The van der Waals surface area contributed by atoms with Crippen molar-refractivity contribution in [1.82, 2.24) is 9.78 Å². The molecular weight excluding hydrogens is 325 g/mol. The number of carbonyl (C=O) groups excluding carboxylic acids is 1. The third kappa shape index (κ3) is 2.57. The van der Waals surface area contributed by atoms with Gasteiger partial charge in [0.15, 0.2) is 0 Å². The van der Waals surface area contributed by atoms with Crippen LogP contribution in [0.1, 0.15) is 10.4 Å². The van der Waals surface area contributed by atoms with Gasteiger partial charge in [-0.2, -0.15) is 5.10 Å². The molecule has 6 heteroatoms. The molecule has 0 aliphatic rings. The zero-order valence-corrected chi connectivity index (χ0v) is 10.9. The summed E-state index contributed by atoms with van der Waals surface area (Å²) in [6.07, 6.45) is 3.38. The van der Waals surface area contributed by atoms with E-state index >= 15 is 0 Å². The van der Waals surface area contributed by atoms with Gasteiger partial charge in [-0.15, -0.1) is 11.3 Å². The Morgan fingerprint density at radius 2 is 2.47 bits per heavy atom. The Bertz CT molecular complexity index is 491. The van der Waals surface area contributed by atoms with E-state index in [1.165, 1.54) is 0 Å². The summed E-state index contributed by atoms with van der Waals surface area (Å²) in [5.41, 5.74) is 1.40. The maximum Gasteiger partial charge on any atom is 0.256 e. The number of thiophene rings is 1. The molecule has 0 aliphatic carbocycles. The van der Waals surface area contributed by atoms with Gasteiger partial charge in [-0.3, -0.25) is 9.48 Å². The van der Waals surface area contributed by atoms with Crippen LogP contribution in [0.15, 0.2) is 23.8 Å². The predicted octanol–water partition coefficient (Wildman–Crippen LogP) is 2.34. The molecule has 0 spiro atoms. The number of carbonyl (C=O) groups is 1. The monoisotopic (exact) mass is 333 g/mol. The third-order valence-electron chi connectivity index (χ3n) is 1.79. The first-order chi connectivity index (χ1) is 7.15. The van der Waals surface area contributed by atoms with Crippen molar-refractivity contribution in [2.75, 3.05) is 5.32 Å². The lowest BCUT2D eigenvalue weighted by molar-refractivity contribution is 0.102. The molecule has 2 rings (SSSR count). The molecule has 0 radical (unpaired) electrons. The van der Waals surface area contributed by atoms with E-state index in [4.69, 9.17) is 0 Å². The molecule has 0 aliphatic heterocycles. The number of nitrogens with zero attached hydrogens (tertiary/aromatic N) is 2. The second kappa shape index (κ2) is 4.31. The van der Waals surface area contributed by atoms with Crippen LogP contribution < -0.4 is 5.32 Å². The Balaban J connectivity index is 2.10. The first-order valence-corrected chi connectivity index (χ1v) is 6.15. The summed E-state index contributed by atoms with van der Waals surface area (Å²) in [4.78, 5) is 11.7. The van der Waals surface area contributed by atoms with E-state index in [1.54, 1.807) is 28.4 Å². The lowest BCUT2D eigenvalue weighted by Crippen LogP contribution is -2.10. The fraction of sp³-hybridized carbons (Fsp3) is 0.111. The van der Waals surface area contributed by atoms with Gasteiger partial charge in [0.2, 0.25) is 0 Å². The molecule has 0 fully saturated rings. The van der Waals surface area contributed by atoms with E-state index < -0.39 is 0 Å². The van der Waals surface area contributed by atoms with Crippen molar-refractivity contribution >= 4 is 45.5 Å².